The summed E-state index contributed by atoms with van der Waals surface area (Å²) in [6, 6.07) is 12.6. The third kappa shape index (κ3) is 4.34. The number of hydrogen-bond acceptors (Lipinski definition) is 3. The topological polar surface area (TPSA) is 32.8 Å². The van der Waals surface area contributed by atoms with E-state index in [1.54, 1.807) is 17.0 Å². The van der Waals surface area contributed by atoms with Crippen molar-refractivity contribution < 1.29 is 13.9 Å². The Morgan fingerprint density at radius 3 is 2.73 bits per heavy atom. The Kier molecular flexibility index (Phi) is 5.76. The van der Waals surface area contributed by atoms with Crippen molar-refractivity contribution in [2.45, 2.75) is 26.3 Å². The molecule has 0 fully saturated rings. The number of fused-ring (bicyclic) bond motifs is 1. The minimum atomic E-state index is -0.218. The number of likely N-dealkylation sites (N-methyl/N-ethyl adjacent to an activating group) is 1. The van der Waals surface area contributed by atoms with Gasteiger partial charge in [0.2, 0.25) is 5.91 Å². The molecule has 4 nitrogen and oxygen atoms in total. The molecule has 1 heterocycles. The summed E-state index contributed by atoms with van der Waals surface area (Å²) in [5.74, 6) is 0.669. The van der Waals surface area contributed by atoms with Crippen LogP contribution in [-0.2, 0) is 17.8 Å². The number of rotatable bonds is 6. The van der Waals surface area contributed by atoms with Crippen LogP contribution < -0.4 is 9.64 Å². The summed E-state index contributed by atoms with van der Waals surface area (Å²) in [7, 11) is 1.81. The van der Waals surface area contributed by atoms with Crippen LogP contribution in [0.25, 0.3) is 0 Å². The SMILES string of the molecule is CCOc1ccc(CN(C)C(=O)CN2CCCc3cc(F)ccc32)cc1. The predicted molar refractivity (Wildman–Crippen MR) is 101 cm³/mol. The molecule has 2 aromatic carbocycles. The van der Waals surface area contributed by atoms with Gasteiger partial charge in [-0.3, -0.25) is 4.79 Å². The van der Waals surface area contributed by atoms with E-state index in [9.17, 15) is 9.18 Å². The first-order valence-electron chi connectivity index (χ1n) is 9.06. The molecule has 3 rings (SSSR count). The third-order valence-electron chi connectivity index (χ3n) is 4.66. The Morgan fingerprint density at radius 1 is 1.23 bits per heavy atom. The predicted octanol–water partition coefficient (Wildman–Crippen LogP) is 3.64. The number of carbonyl (C=O) groups excluding carboxylic acids is 1. The lowest BCUT2D eigenvalue weighted by atomic mass is 10.0. The zero-order valence-corrected chi connectivity index (χ0v) is 15.4. The van der Waals surface area contributed by atoms with Crippen LogP contribution >= 0.6 is 0 Å². The molecule has 0 radical (unpaired) electrons. The summed E-state index contributed by atoms with van der Waals surface area (Å²) in [6.07, 6.45) is 1.80. The van der Waals surface area contributed by atoms with E-state index < -0.39 is 0 Å². The maximum absolute atomic E-state index is 13.4. The second-order valence-corrected chi connectivity index (χ2v) is 6.62. The van der Waals surface area contributed by atoms with E-state index in [0.717, 1.165) is 42.0 Å². The van der Waals surface area contributed by atoms with Crippen LogP contribution in [0.2, 0.25) is 0 Å². The Labute approximate surface area is 154 Å². The lowest BCUT2D eigenvalue weighted by Crippen LogP contribution is -2.40. The second-order valence-electron chi connectivity index (χ2n) is 6.62. The van der Waals surface area contributed by atoms with Gasteiger partial charge in [-0.2, -0.15) is 0 Å². The maximum atomic E-state index is 13.4. The van der Waals surface area contributed by atoms with Crippen LogP contribution in [0.3, 0.4) is 0 Å². The van der Waals surface area contributed by atoms with Gasteiger partial charge in [-0.1, -0.05) is 12.1 Å². The summed E-state index contributed by atoms with van der Waals surface area (Å²) >= 11 is 0. The van der Waals surface area contributed by atoms with Crippen molar-refractivity contribution in [2.24, 2.45) is 0 Å². The number of anilines is 1. The van der Waals surface area contributed by atoms with Gasteiger partial charge in [0.15, 0.2) is 0 Å². The Bertz CT molecular complexity index is 761. The first kappa shape index (κ1) is 18.2. The van der Waals surface area contributed by atoms with E-state index in [2.05, 4.69) is 4.90 Å². The van der Waals surface area contributed by atoms with Crippen LogP contribution in [0, 0.1) is 5.82 Å². The minimum Gasteiger partial charge on any atom is -0.494 e. The molecule has 26 heavy (non-hydrogen) atoms. The number of aryl methyl sites for hydroxylation is 1. The molecule has 0 spiro atoms. The van der Waals surface area contributed by atoms with Crippen LogP contribution in [0.15, 0.2) is 42.5 Å². The van der Waals surface area contributed by atoms with E-state index in [1.165, 1.54) is 6.07 Å². The van der Waals surface area contributed by atoms with Crippen LogP contribution in [0.5, 0.6) is 5.75 Å². The van der Waals surface area contributed by atoms with Gasteiger partial charge in [0.05, 0.1) is 13.2 Å². The van der Waals surface area contributed by atoms with Gasteiger partial charge in [0.25, 0.3) is 0 Å². The number of hydrogen-bond donors (Lipinski definition) is 0. The van der Waals surface area contributed by atoms with Crippen molar-refractivity contribution >= 4 is 11.6 Å². The highest BCUT2D eigenvalue weighted by molar-refractivity contribution is 5.81. The van der Waals surface area contributed by atoms with Crippen LogP contribution in [-0.4, -0.2) is 37.6 Å². The lowest BCUT2D eigenvalue weighted by molar-refractivity contribution is -0.128. The number of halogens is 1. The van der Waals surface area contributed by atoms with E-state index in [-0.39, 0.29) is 11.7 Å². The average molecular weight is 356 g/mol. The van der Waals surface area contributed by atoms with E-state index in [0.29, 0.717) is 19.7 Å². The quantitative estimate of drug-likeness (QED) is 0.792. The molecule has 0 N–H and O–H groups in total. The minimum absolute atomic E-state index is 0.0519. The van der Waals surface area contributed by atoms with Crippen LogP contribution in [0.1, 0.15) is 24.5 Å². The first-order valence-corrected chi connectivity index (χ1v) is 9.06. The summed E-state index contributed by atoms with van der Waals surface area (Å²) in [5.41, 5.74) is 3.02. The fraction of sp³-hybridized carbons (Fsp3) is 0.381. The van der Waals surface area contributed by atoms with Crippen molar-refractivity contribution in [3.8, 4) is 5.75 Å². The summed E-state index contributed by atoms with van der Waals surface area (Å²) in [4.78, 5) is 16.4. The number of benzene rings is 2. The molecule has 0 aromatic heterocycles. The van der Waals surface area contributed by atoms with E-state index in [4.69, 9.17) is 4.74 Å². The maximum Gasteiger partial charge on any atom is 0.242 e. The van der Waals surface area contributed by atoms with Gasteiger partial charge in [0, 0.05) is 25.8 Å². The molecule has 0 bridgehead atoms. The lowest BCUT2D eigenvalue weighted by Gasteiger charge is -2.32. The molecular weight excluding hydrogens is 331 g/mol. The monoisotopic (exact) mass is 356 g/mol. The first-order chi connectivity index (χ1) is 12.6. The highest BCUT2D eigenvalue weighted by Gasteiger charge is 2.21. The number of ether oxygens (including phenoxy) is 1. The normalized spacial score (nSPS) is 13.3. The Morgan fingerprint density at radius 2 is 2.00 bits per heavy atom. The van der Waals surface area contributed by atoms with Crippen molar-refractivity contribution in [1.82, 2.24) is 4.90 Å². The number of nitrogens with zero attached hydrogens (tertiary/aromatic N) is 2. The molecule has 1 aliphatic heterocycles. The number of carbonyl (C=O) groups is 1. The molecular formula is C21H25FN2O2. The molecule has 0 atom stereocenters. The van der Waals surface area contributed by atoms with Gasteiger partial charge in [0.1, 0.15) is 11.6 Å². The zero-order chi connectivity index (χ0) is 18.5. The van der Waals surface area contributed by atoms with Crippen LogP contribution in [0.4, 0.5) is 10.1 Å². The molecule has 0 aliphatic carbocycles. The third-order valence-corrected chi connectivity index (χ3v) is 4.66. The standard InChI is InChI=1S/C21H25FN2O2/c1-3-26-19-9-6-16(7-10-19)14-23(2)21(25)15-24-12-4-5-17-13-18(22)8-11-20(17)24/h6-11,13H,3-5,12,14-15H2,1-2H3. The molecule has 0 saturated carbocycles. The second kappa shape index (κ2) is 8.21. The fourth-order valence-electron chi connectivity index (χ4n) is 3.31. The zero-order valence-electron chi connectivity index (χ0n) is 15.4. The highest BCUT2D eigenvalue weighted by Crippen LogP contribution is 2.27. The molecule has 138 valence electrons. The van der Waals surface area contributed by atoms with Crippen molar-refractivity contribution in [3.05, 3.63) is 59.4 Å². The smallest absolute Gasteiger partial charge is 0.242 e. The molecule has 1 aliphatic rings. The Hall–Kier alpha value is -2.56. The molecule has 0 unspecified atom stereocenters. The van der Waals surface area contributed by atoms with Gasteiger partial charge in [-0.25, -0.2) is 4.39 Å². The molecule has 1 amide bonds. The Balaban J connectivity index is 1.61. The number of amides is 1. The highest BCUT2D eigenvalue weighted by atomic mass is 19.1. The molecule has 5 heteroatoms. The summed E-state index contributed by atoms with van der Waals surface area (Å²) < 4.78 is 18.9. The van der Waals surface area contributed by atoms with E-state index in [1.807, 2.05) is 38.2 Å². The average Bonchev–Trinajstić information content (AvgIpc) is 2.63. The van der Waals surface area contributed by atoms with Gasteiger partial charge < -0.3 is 14.5 Å². The van der Waals surface area contributed by atoms with Gasteiger partial charge in [-0.05, 0) is 61.2 Å². The van der Waals surface area contributed by atoms with Crippen molar-refractivity contribution in [2.75, 3.05) is 31.6 Å². The molecule has 0 saturated heterocycles. The summed E-state index contributed by atoms with van der Waals surface area (Å²) in [5, 5.41) is 0. The van der Waals surface area contributed by atoms with Gasteiger partial charge in [-0.15, -0.1) is 0 Å². The fourth-order valence-corrected chi connectivity index (χ4v) is 3.31. The summed E-state index contributed by atoms with van der Waals surface area (Å²) in [6.45, 7) is 4.27. The van der Waals surface area contributed by atoms with Crippen molar-refractivity contribution in [1.29, 1.82) is 0 Å². The van der Waals surface area contributed by atoms with Gasteiger partial charge >= 0.3 is 0 Å². The van der Waals surface area contributed by atoms with E-state index >= 15 is 0 Å². The molecule has 2 aromatic rings. The van der Waals surface area contributed by atoms with Crippen molar-refractivity contribution in [3.63, 3.8) is 0 Å². The largest absolute Gasteiger partial charge is 0.494 e.